The standard InChI is InChI=1S/C19H26N2O4/c1-19(24,14-7-9-15(25-2)10-8-14)16-5-3-12-21(16)18(23)13-20-11-4-6-17(20)22/h7-10,16,24H,3-6,11-13H2,1-2H3/t16-,19+/m1/s1. The third-order valence-electron chi connectivity index (χ3n) is 5.39. The van der Waals surface area contributed by atoms with Crippen LogP contribution in [0.5, 0.6) is 5.75 Å². The number of benzene rings is 1. The summed E-state index contributed by atoms with van der Waals surface area (Å²) in [6.45, 7) is 3.15. The first kappa shape index (κ1) is 17.7. The lowest BCUT2D eigenvalue weighted by atomic mass is 9.86. The Bertz CT molecular complexity index is 641. The highest BCUT2D eigenvalue weighted by atomic mass is 16.5. The van der Waals surface area contributed by atoms with E-state index in [0.29, 0.717) is 19.5 Å². The number of hydrogen-bond acceptors (Lipinski definition) is 4. The molecule has 6 nitrogen and oxygen atoms in total. The zero-order chi connectivity index (χ0) is 18.0. The fourth-order valence-corrected chi connectivity index (χ4v) is 3.90. The van der Waals surface area contributed by atoms with Gasteiger partial charge in [0.2, 0.25) is 11.8 Å². The lowest BCUT2D eigenvalue weighted by Crippen LogP contribution is -2.51. The van der Waals surface area contributed by atoms with E-state index in [2.05, 4.69) is 0 Å². The minimum Gasteiger partial charge on any atom is -0.497 e. The second kappa shape index (κ2) is 7.04. The second-order valence-electron chi connectivity index (χ2n) is 7.04. The van der Waals surface area contributed by atoms with Gasteiger partial charge in [-0.05, 0) is 43.9 Å². The van der Waals surface area contributed by atoms with Crippen LogP contribution in [0.3, 0.4) is 0 Å². The Morgan fingerprint density at radius 3 is 2.60 bits per heavy atom. The van der Waals surface area contributed by atoms with Gasteiger partial charge in [0.1, 0.15) is 11.4 Å². The molecule has 1 aromatic carbocycles. The molecule has 2 aliphatic heterocycles. The van der Waals surface area contributed by atoms with Crippen LogP contribution in [0.15, 0.2) is 24.3 Å². The molecule has 0 unspecified atom stereocenters. The SMILES string of the molecule is COc1ccc([C@](C)(O)[C@H]2CCCN2C(=O)CN2CCCC2=O)cc1. The van der Waals surface area contributed by atoms with Gasteiger partial charge >= 0.3 is 0 Å². The predicted molar refractivity (Wildman–Crippen MR) is 93.1 cm³/mol. The van der Waals surface area contributed by atoms with Crippen molar-refractivity contribution >= 4 is 11.8 Å². The Kier molecular flexibility index (Phi) is 4.99. The van der Waals surface area contributed by atoms with Gasteiger partial charge < -0.3 is 19.6 Å². The number of hydrogen-bond donors (Lipinski definition) is 1. The summed E-state index contributed by atoms with van der Waals surface area (Å²) >= 11 is 0. The molecule has 0 bridgehead atoms. The number of likely N-dealkylation sites (tertiary alicyclic amines) is 2. The first-order chi connectivity index (χ1) is 11.9. The van der Waals surface area contributed by atoms with Crippen LogP contribution in [-0.4, -0.2) is 59.5 Å². The minimum atomic E-state index is -1.15. The molecule has 0 saturated carbocycles. The van der Waals surface area contributed by atoms with E-state index < -0.39 is 5.60 Å². The maximum absolute atomic E-state index is 12.7. The van der Waals surface area contributed by atoms with Crippen molar-refractivity contribution in [3.8, 4) is 5.75 Å². The lowest BCUT2D eigenvalue weighted by molar-refractivity contribution is -0.142. The number of amides is 2. The molecule has 6 heteroatoms. The molecule has 2 aliphatic rings. The van der Waals surface area contributed by atoms with Crippen molar-refractivity contribution in [2.24, 2.45) is 0 Å². The van der Waals surface area contributed by atoms with E-state index in [4.69, 9.17) is 4.74 Å². The van der Waals surface area contributed by atoms with Gasteiger partial charge in [-0.15, -0.1) is 0 Å². The molecule has 2 heterocycles. The summed E-state index contributed by atoms with van der Waals surface area (Å²) < 4.78 is 5.17. The van der Waals surface area contributed by atoms with E-state index in [1.165, 1.54) is 0 Å². The summed E-state index contributed by atoms with van der Waals surface area (Å²) in [4.78, 5) is 27.9. The first-order valence-electron chi connectivity index (χ1n) is 8.87. The molecule has 1 N–H and O–H groups in total. The van der Waals surface area contributed by atoms with Crippen molar-refractivity contribution in [2.45, 2.75) is 44.2 Å². The molecule has 2 amide bonds. The summed E-state index contributed by atoms with van der Waals surface area (Å²) in [5.74, 6) is 0.698. The normalized spacial score (nSPS) is 23.0. The van der Waals surface area contributed by atoms with Gasteiger partial charge in [-0.25, -0.2) is 0 Å². The topological polar surface area (TPSA) is 70.1 Å². The number of methoxy groups -OCH3 is 1. The molecule has 136 valence electrons. The maximum Gasteiger partial charge on any atom is 0.242 e. The molecule has 3 rings (SSSR count). The highest BCUT2D eigenvalue weighted by Crippen LogP contribution is 2.35. The molecule has 0 aromatic heterocycles. The fraction of sp³-hybridized carbons (Fsp3) is 0.579. The molecule has 0 radical (unpaired) electrons. The van der Waals surface area contributed by atoms with Crippen molar-refractivity contribution in [3.05, 3.63) is 29.8 Å². The monoisotopic (exact) mass is 346 g/mol. The highest BCUT2D eigenvalue weighted by molar-refractivity contribution is 5.86. The Balaban J connectivity index is 1.74. The Hall–Kier alpha value is -2.08. The molecule has 0 spiro atoms. The molecule has 0 aliphatic carbocycles. The minimum absolute atomic E-state index is 0.0472. The second-order valence-corrected chi connectivity index (χ2v) is 7.04. The van der Waals surface area contributed by atoms with E-state index in [1.807, 2.05) is 24.3 Å². The molecule has 2 saturated heterocycles. The van der Waals surface area contributed by atoms with Gasteiger partial charge in [-0.2, -0.15) is 0 Å². The third-order valence-corrected chi connectivity index (χ3v) is 5.39. The number of ether oxygens (including phenoxy) is 1. The summed E-state index contributed by atoms with van der Waals surface area (Å²) in [6, 6.07) is 7.01. The maximum atomic E-state index is 12.7. The zero-order valence-corrected chi connectivity index (χ0v) is 14.9. The number of aliphatic hydroxyl groups is 1. The van der Waals surface area contributed by atoms with Gasteiger partial charge in [0.15, 0.2) is 0 Å². The molecule has 1 aromatic rings. The summed E-state index contributed by atoms with van der Waals surface area (Å²) in [5, 5.41) is 11.2. The zero-order valence-electron chi connectivity index (χ0n) is 14.9. The van der Waals surface area contributed by atoms with E-state index in [9.17, 15) is 14.7 Å². The fourth-order valence-electron chi connectivity index (χ4n) is 3.90. The summed E-state index contributed by atoms with van der Waals surface area (Å²) in [7, 11) is 1.60. The van der Waals surface area contributed by atoms with Crippen molar-refractivity contribution < 1.29 is 19.4 Å². The van der Waals surface area contributed by atoms with Crippen LogP contribution in [0.2, 0.25) is 0 Å². The molecule has 2 fully saturated rings. The molecule has 25 heavy (non-hydrogen) atoms. The van der Waals surface area contributed by atoms with E-state index >= 15 is 0 Å². The smallest absolute Gasteiger partial charge is 0.242 e. The van der Waals surface area contributed by atoms with Crippen LogP contribution in [0.4, 0.5) is 0 Å². The van der Waals surface area contributed by atoms with Crippen LogP contribution in [-0.2, 0) is 15.2 Å². The van der Waals surface area contributed by atoms with Crippen LogP contribution >= 0.6 is 0 Å². The van der Waals surface area contributed by atoms with Crippen molar-refractivity contribution in [1.29, 1.82) is 0 Å². The quantitative estimate of drug-likeness (QED) is 0.877. The number of nitrogens with zero attached hydrogens (tertiary/aromatic N) is 2. The Labute approximate surface area is 148 Å². The van der Waals surface area contributed by atoms with Crippen LogP contribution < -0.4 is 4.74 Å². The van der Waals surface area contributed by atoms with Crippen molar-refractivity contribution in [1.82, 2.24) is 9.80 Å². The third kappa shape index (κ3) is 3.49. The van der Waals surface area contributed by atoms with Crippen LogP contribution in [0.1, 0.15) is 38.2 Å². The number of carbonyl (C=O) groups excluding carboxylic acids is 2. The first-order valence-corrected chi connectivity index (χ1v) is 8.87. The van der Waals surface area contributed by atoms with Gasteiger partial charge in [0.05, 0.1) is 19.7 Å². The molecular formula is C19H26N2O4. The number of carbonyl (C=O) groups is 2. The van der Waals surface area contributed by atoms with Crippen LogP contribution in [0, 0.1) is 0 Å². The highest BCUT2D eigenvalue weighted by Gasteiger charge is 2.43. The average molecular weight is 346 g/mol. The van der Waals surface area contributed by atoms with Gasteiger partial charge in [-0.3, -0.25) is 9.59 Å². The average Bonchev–Trinajstić information content (AvgIpc) is 3.25. The Morgan fingerprint density at radius 1 is 1.28 bits per heavy atom. The van der Waals surface area contributed by atoms with Gasteiger partial charge in [-0.1, -0.05) is 12.1 Å². The molecular weight excluding hydrogens is 320 g/mol. The van der Waals surface area contributed by atoms with Crippen LogP contribution in [0.25, 0.3) is 0 Å². The van der Waals surface area contributed by atoms with E-state index in [0.717, 1.165) is 30.6 Å². The summed E-state index contributed by atoms with van der Waals surface area (Å²) in [6.07, 6.45) is 2.95. The largest absolute Gasteiger partial charge is 0.497 e. The number of rotatable bonds is 5. The lowest BCUT2D eigenvalue weighted by Gasteiger charge is -2.37. The van der Waals surface area contributed by atoms with Gasteiger partial charge in [0, 0.05) is 19.5 Å². The Morgan fingerprint density at radius 2 is 2.00 bits per heavy atom. The van der Waals surface area contributed by atoms with E-state index in [-0.39, 0.29) is 24.4 Å². The summed E-state index contributed by atoms with van der Waals surface area (Å²) in [5.41, 5.74) is -0.386. The molecule has 2 atom stereocenters. The van der Waals surface area contributed by atoms with E-state index in [1.54, 1.807) is 23.8 Å². The van der Waals surface area contributed by atoms with Crippen molar-refractivity contribution in [2.75, 3.05) is 26.7 Å². The van der Waals surface area contributed by atoms with Gasteiger partial charge in [0.25, 0.3) is 0 Å². The van der Waals surface area contributed by atoms with Crippen molar-refractivity contribution in [3.63, 3.8) is 0 Å². The predicted octanol–water partition coefficient (Wildman–Crippen LogP) is 1.52.